The molecule has 0 spiro atoms. The van der Waals surface area contributed by atoms with E-state index in [0.29, 0.717) is 0 Å². The van der Waals surface area contributed by atoms with Crippen LogP contribution in [-0.2, 0) is 40.5 Å². The molecule has 0 heterocycles. The molecule has 0 aromatic heterocycles. The van der Waals surface area contributed by atoms with Crippen molar-refractivity contribution in [3.05, 3.63) is 0 Å². The Labute approximate surface area is 54.3 Å². The number of hydrogen-bond donors (Lipinski definition) is 1. The van der Waals surface area contributed by atoms with E-state index in [2.05, 4.69) is 0 Å². The minimum atomic E-state index is -0.833. The zero-order valence-corrected chi connectivity index (χ0v) is 7.18. The monoisotopic (exact) mass is 186 g/mol. The third-order valence-electron chi connectivity index (χ3n) is 0. The molecule has 0 aliphatic rings. The fraction of sp³-hybridized carbons (Fsp3) is 0. The van der Waals surface area contributed by atoms with Crippen molar-refractivity contribution in [3.63, 3.8) is 0 Å². The summed E-state index contributed by atoms with van der Waals surface area (Å²) in [5, 5.41) is 0. The first kappa shape index (κ1) is 16.4. The van der Waals surface area contributed by atoms with Crippen molar-refractivity contribution in [1.29, 1.82) is 0 Å². The Kier molecular flexibility index (Phi) is 62.5. The molecular formula is HNiO2PZn. The van der Waals surface area contributed by atoms with Gasteiger partial charge in [-0.25, -0.2) is 4.57 Å². The normalized spacial score (nSPS) is 4.20. The van der Waals surface area contributed by atoms with Gasteiger partial charge < -0.3 is 4.89 Å². The summed E-state index contributed by atoms with van der Waals surface area (Å²) in [6.07, 6.45) is 0. The van der Waals surface area contributed by atoms with Crippen LogP contribution in [0.4, 0.5) is 0 Å². The maximum atomic E-state index is 8.46. The average molecular weight is 188 g/mol. The van der Waals surface area contributed by atoms with E-state index in [1.807, 2.05) is 0 Å². The second-order valence-electron chi connectivity index (χ2n) is 0.0816. The molecule has 5 heavy (non-hydrogen) atoms. The van der Waals surface area contributed by atoms with Gasteiger partial charge in [0.2, 0.25) is 0 Å². The second-order valence-corrected chi connectivity index (χ2v) is 0.245. The van der Waals surface area contributed by atoms with Crippen LogP contribution in [-0.4, -0.2) is 4.89 Å². The summed E-state index contributed by atoms with van der Waals surface area (Å²) in [6.45, 7) is 0. The predicted molar refractivity (Wildman–Crippen MR) is 9.83 cm³/mol. The van der Waals surface area contributed by atoms with Crippen LogP contribution in [0.15, 0.2) is 0 Å². The molecule has 0 unspecified atom stereocenters. The fourth-order valence-electron chi connectivity index (χ4n) is 0. The first-order valence-electron chi connectivity index (χ1n) is 0.383. The summed E-state index contributed by atoms with van der Waals surface area (Å²) in [5.41, 5.74) is 0. The van der Waals surface area contributed by atoms with Gasteiger partial charge in [-0.2, -0.15) is 0 Å². The number of hydrogen-bond acceptors (Lipinski definition) is 1. The molecule has 2 nitrogen and oxygen atoms in total. The van der Waals surface area contributed by atoms with Gasteiger partial charge in [-0.15, -0.1) is 0 Å². The van der Waals surface area contributed by atoms with Crippen molar-refractivity contribution >= 4 is 8.69 Å². The minimum absolute atomic E-state index is 0. The van der Waals surface area contributed by atoms with E-state index in [1.54, 1.807) is 0 Å². The molecule has 0 bridgehead atoms. The molecule has 0 atom stereocenters. The molecule has 0 amide bonds. The van der Waals surface area contributed by atoms with Gasteiger partial charge >= 0.3 is 8.69 Å². The summed E-state index contributed by atoms with van der Waals surface area (Å²) >= 11 is 0. The summed E-state index contributed by atoms with van der Waals surface area (Å²) in [6, 6.07) is 0. The van der Waals surface area contributed by atoms with Crippen LogP contribution in [0.2, 0.25) is 0 Å². The average Bonchev–Trinajstić information content (AvgIpc) is 0.918. The van der Waals surface area contributed by atoms with Gasteiger partial charge in [-0.1, -0.05) is 0 Å². The minimum Gasteiger partial charge on any atom is -0.310 e. The zero-order valence-electron chi connectivity index (χ0n) is 2.33. The first-order chi connectivity index (χ1) is 1.41. The van der Waals surface area contributed by atoms with Crippen molar-refractivity contribution < 1.29 is 45.4 Å². The van der Waals surface area contributed by atoms with Crippen LogP contribution >= 0.6 is 8.69 Å². The van der Waals surface area contributed by atoms with E-state index in [1.165, 1.54) is 0 Å². The van der Waals surface area contributed by atoms with Crippen LogP contribution < -0.4 is 0 Å². The molecule has 30 valence electrons. The molecule has 0 aliphatic heterocycles. The van der Waals surface area contributed by atoms with E-state index < -0.39 is 8.69 Å². The molecule has 0 fully saturated rings. The van der Waals surface area contributed by atoms with Crippen molar-refractivity contribution in [1.82, 2.24) is 0 Å². The Hall–Kier alpha value is 1.18. The molecule has 0 aliphatic carbocycles. The molecule has 0 saturated carbocycles. The third-order valence-corrected chi connectivity index (χ3v) is 0. The van der Waals surface area contributed by atoms with Gasteiger partial charge in [-0.05, 0) is 0 Å². The number of rotatable bonds is 0. The zero-order chi connectivity index (χ0) is 2.71. The Morgan fingerprint density at radius 2 is 1.60 bits per heavy atom. The van der Waals surface area contributed by atoms with Gasteiger partial charge in [0, 0.05) is 36.0 Å². The maximum absolute atomic E-state index is 8.46. The van der Waals surface area contributed by atoms with Crippen LogP contribution in [0.5, 0.6) is 0 Å². The molecule has 0 aromatic rings. The van der Waals surface area contributed by atoms with Crippen molar-refractivity contribution in [2.24, 2.45) is 0 Å². The third kappa shape index (κ3) is 37.7. The first-order valence-corrected chi connectivity index (χ1v) is 1.15. The Morgan fingerprint density at radius 3 is 1.60 bits per heavy atom. The van der Waals surface area contributed by atoms with E-state index in [4.69, 9.17) is 9.46 Å². The van der Waals surface area contributed by atoms with E-state index in [-0.39, 0.29) is 36.0 Å². The van der Waals surface area contributed by atoms with Crippen molar-refractivity contribution in [3.8, 4) is 0 Å². The van der Waals surface area contributed by atoms with E-state index >= 15 is 0 Å². The topological polar surface area (TPSA) is 37.3 Å². The maximum Gasteiger partial charge on any atom is 0.324 e. The van der Waals surface area contributed by atoms with Gasteiger partial charge in [-0.3, -0.25) is 0 Å². The smallest absolute Gasteiger partial charge is 0.310 e. The summed E-state index contributed by atoms with van der Waals surface area (Å²) in [4.78, 5) is 6.99. The molecule has 0 aromatic carbocycles. The van der Waals surface area contributed by atoms with Crippen LogP contribution in [0.3, 0.4) is 0 Å². The summed E-state index contributed by atoms with van der Waals surface area (Å²) < 4.78 is 8.46. The van der Waals surface area contributed by atoms with E-state index in [9.17, 15) is 0 Å². The van der Waals surface area contributed by atoms with Crippen LogP contribution in [0.25, 0.3) is 0 Å². The molecule has 0 saturated heterocycles. The van der Waals surface area contributed by atoms with Gasteiger partial charge in [0.25, 0.3) is 0 Å². The van der Waals surface area contributed by atoms with Gasteiger partial charge in [0.1, 0.15) is 0 Å². The van der Waals surface area contributed by atoms with Gasteiger partial charge in [0.15, 0.2) is 0 Å². The Balaban J connectivity index is -0.0000000200. The van der Waals surface area contributed by atoms with Crippen LogP contribution in [0, 0.1) is 0 Å². The standard InChI is InChI=1S/Ni.HO2P.Zn/c;1-3-2;/h;(H,1,2);. The Morgan fingerprint density at radius 1 is 1.60 bits per heavy atom. The Bertz CT molecular complexity index is 17.1. The quantitative estimate of drug-likeness (QED) is 0.435. The molecular weight excluding hydrogens is 187 g/mol. The molecule has 5 heteroatoms. The largest absolute Gasteiger partial charge is 0.324 e. The summed E-state index contributed by atoms with van der Waals surface area (Å²) in [5.74, 6) is 0. The fourth-order valence-corrected chi connectivity index (χ4v) is 0. The second kappa shape index (κ2) is 19.1. The predicted octanol–water partition coefficient (Wildman–Crippen LogP) is 0.180. The van der Waals surface area contributed by atoms with Crippen LogP contribution in [0.1, 0.15) is 0 Å². The van der Waals surface area contributed by atoms with Gasteiger partial charge in [0.05, 0.1) is 0 Å². The summed E-state index contributed by atoms with van der Waals surface area (Å²) in [7, 11) is -0.833. The SMILES string of the molecule is O=PO.[Ni].[Zn]. The van der Waals surface area contributed by atoms with Crippen molar-refractivity contribution in [2.45, 2.75) is 0 Å². The van der Waals surface area contributed by atoms with E-state index in [0.717, 1.165) is 0 Å². The molecule has 0 radical (unpaired) electrons. The van der Waals surface area contributed by atoms with Crippen molar-refractivity contribution in [2.75, 3.05) is 0 Å². The molecule has 0 rings (SSSR count). The molecule has 1 N–H and O–H groups in total.